The minimum Gasteiger partial charge on any atom is -0.507 e. The highest BCUT2D eigenvalue weighted by Crippen LogP contribution is 2.42. The number of aliphatic hydroxyl groups excluding tert-OH is 1. The molecule has 0 heterocycles. The molecular formula is C19H18O5. The number of aliphatic hydroxyl groups is 1. The number of carbonyl (C=O) groups excluding carboxylic acids is 2. The van der Waals surface area contributed by atoms with Crippen LogP contribution < -0.4 is 0 Å². The molecule has 3 rings (SSSR count). The van der Waals surface area contributed by atoms with Gasteiger partial charge in [0.2, 0.25) is 0 Å². The summed E-state index contributed by atoms with van der Waals surface area (Å²) >= 11 is 0. The minimum atomic E-state index is -1.17. The van der Waals surface area contributed by atoms with Crippen molar-refractivity contribution in [2.75, 3.05) is 13.7 Å². The molecule has 0 fully saturated rings. The van der Waals surface area contributed by atoms with Gasteiger partial charge in [0.05, 0.1) is 19.3 Å². The molecular weight excluding hydrogens is 308 g/mol. The molecule has 2 aromatic rings. The number of ether oxygens (including phenoxy) is 1. The monoisotopic (exact) mass is 326 g/mol. The number of carbonyl (C=O) groups is 2. The van der Waals surface area contributed by atoms with Gasteiger partial charge in [-0.05, 0) is 36.1 Å². The van der Waals surface area contributed by atoms with Gasteiger partial charge in [-0.3, -0.25) is 9.59 Å². The van der Waals surface area contributed by atoms with Crippen molar-refractivity contribution < 1.29 is 24.5 Å². The number of methoxy groups -OCH3 is 1. The maximum atomic E-state index is 12.6. The lowest BCUT2D eigenvalue weighted by atomic mass is 9.82. The summed E-state index contributed by atoms with van der Waals surface area (Å²) < 4.78 is 4.82. The smallest absolute Gasteiger partial charge is 0.318 e. The lowest BCUT2D eigenvalue weighted by molar-refractivity contribution is -0.149. The van der Waals surface area contributed by atoms with Gasteiger partial charge < -0.3 is 14.9 Å². The van der Waals surface area contributed by atoms with Crippen LogP contribution >= 0.6 is 0 Å². The van der Waals surface area contributed by atoms with Gasteiger partial charge in [0.15, 0.2) is 5.78 Å². The molecule has 1 aliphatic carbocycles. The van der Waals surface area contributed by atoms with Gasteiger partial charge in [0.25, 0.3) is 0 Å². The molecule has 24 heavy (non-hydrogen) atoms. The quantitative estimate of drug-likeness (QED) is 0.663. The standard InChI is InChI=1S/C19H18O5/c1-24-18(23)19(11-20)8-7-13-9-14(16(21)10-15(13)19)17(22)12-5-3-2-4-6-12/h2-6,9-10,20-21H,7-8,11H2,1H3. The third kappa shape index (κ3) is 2.37. The highest BCUT2D eigenvalue weighted by molar-refractivity contribution is 6.11. The van der Waals surface area contributed by atoms with Gasteiger partial charge in [-0.25, -0.2) is 0 Å². The van der Waals surface area contributed by atoms with Crippen molar-refractivity contribution in [1.29, 1.82) is 0 Å². The number of phenolic OH excluding ortho intramolecular Hbond substituents is 1. The van der Waals surface area contributed by atoms with E-state index >= 15 is 0 Å². The molecule has 0 saturated heterocycles. The first-order valence-corrected chi connectivity index (χ1v) is 7.69. The molecule has 1 aliphatic rings. The van der Waals surface area contributed by atoms with Crippen LogP contribution in [0.1, 0.15) is 33.5 Å². The number of benzene rings is 2. The molecule has 0 amide bonds. The zero-order valence-electron chi connectivity index (χ0n) is 13.3. The van der Waals surface area contributed by atoms with Crippen molar-refractivity contribution in [2.45, 2.75) is 18.3 Å². The predicted molar refractivity (Wildman–Crippen MR) is 87.1 cm³/mol. The van der Waals surface area contributed by atoms with E-state index in [0.717, 1.165) is 5.56 Å². The largest absolute Gasteiger partial charge is 0.507 e. The van der Waals surface area contributed by atoms with Crippen LogP contribution in [0.25, 0.3) is 0 Å². The number of esters is 1. The number of aromatic hydroxyl groups is 1. The zero-order valence-corrected chi connectivity index (χ0v) is 13.3. The van der Waals surface area contributed by atoms with Crippen LogP contribution in [0.3, 0.4) is 0 Å². The van der Waals surface area contributed by atoms with Crippen LogP contribution in [0.2, 0.25) is 0 Å². The second kappa shape index (κ2) is 6.09. The fourth-order valence-electron chi connectivity index (χ4n) is 3.33. The van der Waals surface area contributed by atoms with Crippen molar-refractivity contribution in [3.63, 3.8) is 0 Å². The number of ketones is 1. The number of hydrogen-bond acceptors (Lipinski definition) is 5. The van der Waals surface area contributed by atoms with Gasteiger partial charge in [-0.1, -0.05) is 30.3 Å². The molecule has 1 atom stereocenters. The van der Waals surface area contributed by atoms with E-state index < -0.39 is 18.0 Å². The van der Waals surface area contributed by atoms with Gasteiger partial charge in [-0.2, -0.15) is 0 Å². The Bertz CT molecular complexity index is 797. The first-order valence-electron chi connectivity index (χ1n) is 7.69. The summed E-state index contributed by atoms with van der Waals surface area (Å²) in [6.45, 7) is -0.405. The van der Waals surface area contributed by atoms with E-state index in [1.165, 1.54) is 13.2 Å². The van der Waals surface area contributed by atoms with Crippen molar-refractivity contribution in [1.82, 2.24) is 0 Å². The summed E-state index contributed by atoms with van der Waals surface area (Å²) in [7, 11) is 1.27. The maximum Gasteiger partial charge on any atom is 0.318 e. The summed E-state index contributed by atoms with van der Waals surface area (Å²) in [5.41, 5.74) is 0.798. The molecule has 2 aromatic carbocycles. The molecule has 0 aliphatic heterocycles. The van der Waals surface area contributed by atoms with Gasteiger partial charge in [0, 0.05) is 5.56 Å². The van der Waals surface area contributed by atoms with Crippen LogP contribution in [0.15, 0.2) is 42.5 Å². The van der Waals surface area contributed by atoms with E-state index in [0.29, 0.717) is 24.0 Å². The fourth-order valence-corrected chi connectivity index (χ4v) is 3.33. The summed E-state index contributed by atoms with van der Waals surface area (Å²) in [5, 5.41) is 20.1. The highest BCUT2D eigenvalue weighted by Gasteiger charge is 2.46. The molecule has 124 valence electrons. The van der Waals surface area contributed by atoms with Crippen molar-refractivity contribution in [2.24, 2.45) is 0 Å². The van der Waals surface area contributed by atoms with E-state index in [-0.39, 0.29) is 17.1 Å². The Morgan fingerprint density at radius 1 is 1.21 bits per heavy atom. The van der Waals surface area contributed by atoms with Crippen LogP contribution in [0, 0.1) is 0 Å². The second-order valence-electron chi connectivity index (χ2n) is 5.95. The van der Waals surface area contributed by atoms with Gasteiger partial charge in [-0.15, -0.1) is 0 Å². The first kappa shape index (κ1) is 16.2. The van der Waals surface area contributed by atoms with Crippen LogP contribution in [0.4, 0.5) is 0 Å². The molecule has 5 heteroatoms. The SMILES string of the molecule is COC(=O)C1(CO)CCc2cc(C(=O)c3ccccc3)c(O)cc21. The number of fused-ring (bicyclic) bond motifs is 1. The van der Waals surface area contributed by atoms with Crippen molar-refractivity contribution >= 4 is 11.8 Å². The third-order valence-corrected chi connectivity index (χ3v) is 4.68. The van der Waals surface area contributed by atoms with Crippen LogP contribution in [-0.2, 0) is 21.4 Å². The van der Waals surface area contributed by atoms with Crippen molar-refractivity contribution in [3.8, 4) is 5.75 Å². The average molecular weight is 326 g/mol. The van der Waals surface area contributed by atoms with Crippen LogP contribution in [0.5, 0.6) is 5.75 Å². The van der Waals surface area contributed by atoms with Gasteiger partial charge >= 0.3 is 5.97 Å². The molecule has 0 saturated carbocycles. The van der Waals surface area contributed by atoms with Crippen LogP contribution in [-0.4, -0.2) is 35.7 Å². The van der Waals surface area contributed by atoms with Gasteiger partial charge in [0.1, 0.15) is 11.2 Å². The summed E-state index contributed by atoms with van der Waals surface area (Å²) in [6, 6.07) is 11.7. The Balaban J connectivity index is 2.07. The first-order chi connectivity index (χ1) is 11.5. The Morgan fingerprint density at radius 3 is 2.54 bits per heavy atom. The normalized spacial score (nSPS) is 18.9. The number of phenols is 1. The Kier molecular flexibility index (Phi) is 4.11. The van der Waals surface area contributed by atoms with E-state index in [1.807, 2.05) is 6.07 Å². The number of aryl methyl sites for hydroxylation is 1. The molecule has 0 aromatic heterocycles. The Morgan fingerprint density at radius 2 is 1.92 bits per heavy atom. The van der Waals surface area contributed by atoms with E-state index in [2.05, 4.69) is 0 Å². The second-order valence-corrected chi connectivity index (χ2v) is 5.95. The van der Waals surface area contributed by atoms with E-state index in [9.17, 15) is 19.8 Å². The van der Waals surface area contributed by atoms with Crippen molar-refractivity contribution in [3.05, 3.63) is 64.7 Å². The molecule has 0 radical (unpaired) electrons. The summed E-state index contributed by atoms with van der Waals surface area (Å²) in [5.74, 6) is -1.02. The molecule has 2 N–H and O–H groups in total. The summed E-state index contributed by atoms with van der Waals surface area (Å²) in [4.78, 5) is 24.7. The van der Waals surface area contributed by atoms with E-state index in [4.69, 9.17) is 4.74 Å². The lowest BCUT2D eigenvalue weighted by Crippen LogP contribution is -2.38. The lowest BCUT2D eigenvalue weighted by Gasteiger charge is -2.25. The molecule has 1 unspecified atom stereocenters. The molecule has 5 nitrogen and oxygen atoms in total. The topological polar surface area (TPSA) is 83.8 Å². The maximum absolute atomic E-state index is 12.6. The van der Waals surface area contributed by atoms with E-state index in [1.54, 1.807) is 30.3 Å². The third-order valence-electron chi connectivity index (χ3n) is 4.68. The Hall–Kier alpha value is -2.66. The predicted octanol–water partition coefficient (Wildman–Crippen LogP) is 1.97. The zero-order chi connectivity index (χ0) is 17.3. The average Bonchev–Trinajstić information content (AvgIpc) is 2.99. The molecule has 0 bridgehead atoms. The fraction of sp³-hybridized carbons (Fsp3) is 0.263. The number of rotatable bonds is 4. The number of hydrogen-bond donors (Lipinski definition) is 2. The summed E-state index contributed by atoms with van der Waals surface area (Å²) in [6.07, 6.45) is 0.911. The minimum absolute atomic E-state index is 0.193. The molecule has 0 spiro atoms. The highest BCUT2D eigenvalue weighted by atomic mass is 16.5. The Labute approximate surface area is 139 Å².